The van der Waals surface area contributed by atoms with Crippen LogP contribution in [0.3, 0.4) is 0 Å². The molecule has 4 rings (SSSR count). The average Bonchev–Trinajstić information content (AvgIpc) is 3.06. The van der Waals surface area contributed by atoms with E-state index in [2.05, 4.69) is 25.3 Å². The highest BCUT2D eigenvalue weighted by Crippen LogP contribution is 2.34. The van der Waals surface area contributed by atoms with E-state index < -0.39 is 0 Å². The van der Waals surface area contributed by atoms with E-state index in [1.807, 2.05) is 12.3 Å². The number of fused-ring (bicyclic) bond motifs is 1. The van der Waals surface area contributed by atoms with E-state index in [1.54, 1.807) is 18.6 Å². The summed E-state index contributed by atoms with van der Waals surface area (Å²) >= 11 is 0. The summed E-state index contributed by atoms with van der Waals surface area (Å²) < 4.78 is 6.14. The maximum Gasteiger partial charge on any atom is 0.141 e. The zero-order chi connectivity index (χ0) is 15.5. The molecule has 23 heavy (non-hydrogen) atoms. The van der Waals surface area contributed by atoms with Crippen molar-refractivity contribution in [2.45, 2.75) is 12.8 Å². The molecule has 1 unspecified atom stereocenters. The monoisotopic (exact) mass is 309 g/mol. The highest BCUT2D eigenvalue weighted by Gasteiger charge is 2.16. The van der Waals surface area contributed by atoms with Gasteiger partial charge in [-0.1, -0.05) is 0 Å². The number of hydrogen-bond acceptors (Lipinski definition) is 5. The molecule has 2 N–H and O–H groups in total. The van der Waals surface area contributed by atoms with Crippen LogP contribution in [-0.4, -0.2) is 39.6 Å². The van der Waals surface area contributed by atoms with Crippen molar-refractivity contribution in [3.05, 3.63) is 37.2 Å². The summed E-state index contributed by atoms with van der Waals surface area (Å²) in [4.78, 5) is 15.8. The SMILES string of the molecule is c1ncc(-c2c[nH]c3nccc(OCC4CCCNC4)c23)cn1. The van der Waals surface area contributed by atoms with Crippen LogP contribution in [0.5, 0.6) is 5.75 Å². The van der Waals surface area contributed by atoms with Crippen LogP contribution in [0.1, 0.15) is 12.8 Å². The van der Waals surface area contributed by atoms with Gasteiger partial charge >= 0.3 is 0 Å². The summed E-state index contributed by atoms with van der Waals surface area (Å²) in [6.45, 7) is 2.87. The van der Waals surface area contributed by atoms with E-state index in [-0.39, 0.29) is 0 Å². The summed E-state index contributed by atoms with van der Waals surface area (Å²) in [6.07, 6.45) is 11.3. The lowest BCUT2D eigenvalue weighted by Gasteiger charge is -2.23. The molecule has 0 amide bonds. The van der Waals surface area contributed by atoms with E-state index in [1.165, 1.54) is 19.2 Å². The average molecular weight is 309 g/mol. The van der Waals surface area contributed by atoms with Gasteiger partial charge in [0, 0.05) is 48.4 Å². The predicted octanol–water partition coefficient (Wildman–Crippen LogP) is 2.40. The summed E-state index contributed by atoms with van der Waals surface area (Å²) in [6, 6.07) is 1.93. The molecule has 0 spiro atoms. The van der Waals surface area contributed by atoms with Crippen LogP contribution in [0.4, 0.5) is 0 Å². The lowest BCUT2D eigenvalue weighted by atomic mass is 10.0. The van der Waals surface area contributed by atoms with Crippen molar-refractivity contribution >= 4 is 11.0 Å². The second-order valence-corrected chi connectivity index (χ2v) is 5.89. The van der Waals surface area contributed by atoms with Crippen molar-refractivity contribution < 1.29 is 4.74 Å². The maximum atomic E-state index is 6.14. The van der Waals surface area contributed by atoms with Gasteiger partial charge in [0.25, 0.3) is 0 Å². The molecule has 1 aliphatic heterocycles. The molecule has 0 radical (unpaired) electrons. The number of aromatic amines is 1. The molecule has 6 heteroatoms. The van der Waals surface area contributed by atoms with Gasteiger partial charge in [0.1, 0.15) is 17.7 Å². The molecule has 6 nitrogen and oxygen atoms in total. The Labute approximate surface area is 134 Å². The molecular formula is C17H19N5O. The third-order valence-electron chi connectivity index (χ3n) is 4.28. The first-order valence-corrected chi connectivity index (χ1v) is 7.97. The minimum absolute atomic E-state index is 0.564. The van der Waals surface area contributed by atoms with Gasteiger partial charge in [-0.05, 0) is 25.5 Å². The normalized spacial score (nSPS) is 18.2. The first kappa shape index (κ1) is 14.1. The Hall–Kier alpha value is -2.47. The fourth-order valence-corrected chi connectivity index (χ4v) is 3.09. The van der Waals surface area contributed by atoms with Gasteiger partial charge in [-0.15, -0.1) is 0 Å². The smallest absolute Gasteiger partial charge is 0.141 e. The Kier molecular flexibility index (Phi) is 3.90. The molecule has 1 aliphatic rings. The van der Waals surface area contributed by atoms with E-state index >= 15 is 0 Å². The fourth-order valence-electron chi connectivity index (χ4n) is 3.09. The molecule has 3 aromatic heterocycles. The topological polar surface area (TPSA) is 75.7 Å². The zero-order valence-corrected chi connectivity index (χ0v) is 12.8. The summed E-state index contributed by atoms with van der Waals surface area (Å²) in [7, 11) is 0. The highest BCUT2D eigenvalue weighted by molar-refractivity contribution is 5.97. The van der Waals surface area contributed by atoms with Gasteiger partial charge in [-0.3, -0.25) is 0 Å². The van der Waals surface area contributed by atoms with Crippen molar-refractivity contribution in [1.29, 1.82) is 0 Å². The van der Waals surface area contributed by atoms with Crippen LogP contribution >= 0.6 is 0 Å². The first-order valence-electron chi connectivity index (χ1n) is 7.97. The molecule has 1 atom stereocenters. The van der Waals surface area contributed by atoms with Crippen molar-refractivity contribution in [3.8, 4) is 16.9 Å². The minimum atomic E-state index is 0.564. The van der Waals surface area contributed by atoms with Gasteiger partial charge < -0.3 is 15.0 Å². The molecule has 4 heterocycles. The second-order valence-electron chi connectivity index (χ2n) is 5.89. The van der Waals surface area contributed by atoms with Gasteiger partial charge in [0.05, 0.1) is 12.0 Å². The molecule has 118 valence electrons. The number of piperidine rings is 1. The minimum Gasteiger partial charge on any atom is -0.492 e. The fraction of sp³-hybridized carbons (Fsp3) is 0.353. The van der Waals surface area contributed by atoms with Crippen LogP contribution in [0.25, 0.3) is 22.2 Å². The lowest BCUT2D eigenvalue weighted by molar-refractivity contribution is 0.220. The van der Waals surface area contributed by atoms with Gasteiger partial charge in [-0.2, -0.15) is 0 Å². The number of nitrogens with zero attached hydrogens (tertiary/aromatic N) is 3. The van der Waals surface area contributed by atoms with E-state index in [0.29, 0.717) is 5.92 Å². The Balaban J connectivity index is 1.65. The van der Waals surface area contributed by atoms with Gasteiger partial charge in [-0.25, -0.2) is 15.0 Å². The maximum absolute atomic E-state index is 6.14. The Morgan fingerprint density at radius 1 is 1.26 bits per heavy atom. The third-order valence-corrected chi connectivity index (χ3v) is 4.28. The van der Waals surface area contributed by atoms with Gasteiger partial charge in [0.15, 0.2) is 0 Å². The summed E-state index contributed by atoms with van der Waals surface area (Å²) in [5, 5.41) is 4.42. The Morgan fingerprint density at radius 3 is 3.00 bits per heavy atom. The van der Waals surface area contributed by atoms with Gasteiger partial charge in [0.2, 0.25) is 0 Å². The summed E-state index contributed by atoms with van der Waals surface area (Å²) in [5.74, 6) is 1.43. The second kappa shape index (κ2) is 6.34. The molecule has 1 fully saturated rings. The number of rotatable bonds is 4. The standard InChI is InChI=1S/C17H19N5O/c1-2-12(6-18-4-1)10-23-15-3-5-21-17-16(15)14(9-22-17)13-7-19-11-20-8-13/h3,5,7-9,11-12,18H,1-2,4,6,10H2,(H,21,22). The zero-order valence-electron chi connectivity index (χ0n) is 12.8. The largest absolute Gasteiger partial charge is 0.492 e. The van der Waals surface area contributed by atoms with Crippen molar-refractivity contribution in [2.75, 3.05) is 19.7 Å². The number of ether oxygens (including phenoxy) is 1. The van der Waals surface area contributed by atoms with Crippen LogP contribution in [0.2, 0.25) is 0 Å². The molecule has 3 aromatic rings. The summed E-state index contributed by atoms with van der Waals surface area (Å²) in [5.41, 5.74) is 2.80. The van der Waals surface area contributed by atoms with Crippen molar-refractivity contribution in [2.24, 2.45) is 5.92 Å². The van der Waals surface area contributed by atoms with E-state index in [0.717, 1.165) is 47.6 Å². The van der Waals surface area contributed by atoms with Crippen molar-refractivity contribution in [1.82, 2.24) is 25.3 Å². The van der Waals surface area contributed by atoms with Crippen LogP contribution in [-0.2, 0) is 0 Å². The number of nitrogens with one attached hydrogen (secondary N) is 2. The Bertz CT molecular complexity index is 780. The lowest BCUT2D eigenvalue weighted by Crippen LogP contribution is -2.33. The first-order chi connectivity index (χ1) is 11.4. The number of aromatic nitrogens is 4. The molecule has 1 saturated heterocycles. The third kappa shape index (κ3) is 2.90. The van der Waals surface area contributed by atoms with E-state index in [9.17, 15) is 0 Å². The van der Waals surface area contributed by atoms with Crippen LogP contribution < -0.4 is 10.1 Å². The van der Waals surface area contributed by atoms with Crippen LogP contribution in [0, 0.1) is 5.92 Å². The number of pyridine rings is 1. The highest BCUT2D eigenvalue weighted by atomic mass is 16.5. The molecule has 0 aromatic carbocycles. The molecule has 0 saturated carbocycles. The van der Waals surface area contributed by atoms with Crippen LogP contribution in [0.15, 0.2) is 37.2 Å². The number of hydrogen-bond donors (Lipinski definition) is 2. The molecular weight excluding hydrogens is 290 g/mol. The Morgan fingerprint density at radius 2 is 2.17 bits per heavy atom. The molecule has 0 aliphatic carbocycles. The molecule has 0 bridgehead atoms. The van der Waals surface area contributed by atoms with E-state index in [4.69, 9.17) is 4.74 Å². The number of H-pyrrole nitrogens is 1. The quantitative estimate of drug-likeness (QED) is 0.774. The predicted molar refractivity (Wildman–Crippen MR) is 88.2 cm³/mol. The van der Waals surface area contributed by atoms with Crippen molar-refractivity contribution in [3.63, 3.8) is 0 Å².